The van der Waals surface area contributed by atoms with Gasteiger partial charge in [0, 0.05) is 25.8 Å². The van der Waals surface area contributed by atoms with Crippen LogP contribution in [0.25, 0.3) is 0 Å². The van der Waals surface area contributed by atoms with Crippen molar-refractivity contribution in [3.05, 3.63) is 0 Å². The lowest BCUT2D eigenvalue weighted by Crippen LogP contribution is -2.43. The Hall–Kier alpha value is -0.0800. The molecule has 1 saturated heterocycles. The normalized spacial score (nSPS) is 39.0. The number of piperidine rings is 1. The Kier molecular flexibility index (Phi) is 3.34. The zero-order chi connectivity index (χ0) is 8.27. The molecule has 0 aromatic heterocycles. The Morgan fingerprint density at radius 1 is 1.27 bits per heavy atom. The van der Waals surface area contributed by atoms with Gasteiger partial charge in [-0.3, -0.25) is 0 Å². The van der Waals surface area contributed by atoms with Crippen LogP contribution in [-0.4, -0.2) is 25.8 Å². The highest BCUT2D eigenvalue weighted by Gasteiger charge is 2.22. The van der Waals surface area contributed by atoms with Gasteiger partial charge in [0.25, 0.3) is 0 Å². The monoisotopic (exact) mass is 157 g/mol. The number of hydrogen-bond acceptors (Lipinski definition) is 2. The van der Waals surface area contributed by atoms with E-state index >= 15 is 0 Å². The molecule has 1 aliphatic heterocycles. The predicted molar refractivity (Wildman–Crippen MR) is 46.7 cm³/mol. The summed E-state index contributed by atoms with van der Waals surface area (Å²) in [4.78, 5) is 0. The molecule has 11 heavy (non-hydrogen) atoms. The molecule has 1 rings (SSSR count). The first-order valence-corrected chi connectivity index (χ1v) is 4.47. The Labute approximate surface area is 69.3 Å². The first-order valence-electron chi connectivity index (χ1n) is 4.47. The van der Waals surface area contributed by atoms with Gasteiger partial charge in [0.15, 0.2) is 0 Å². The molecule has 0 bridgehead atoms. The second-order valence-electron chi connectivity index (χ2n) is 3.76. The van der Waals surface area contributed by atoms with Crippen molar-refractivity contribution in [1.29, 1.82) is 0 Å². The van der Waals surface area contributed by atoms with Crippen molar-refractivity contribution in [2.24, 2.45) is 5.92 Å². The first-order chi connectivity index (χ1) is 5.22. The third-order valence-electron chi connectivity index (χ3n) is 2.35. The Morgan fingerprint density at radius 3 is 2.27 bits per heavy atom. The molecular weight excluding hydrogens is 138 g/mol. The van der Waals surface area contributed by atoms with Crippen molar-refractivity contribution >= 4 is 0 Å². The molecule has 1 heterocycles. The summed E-state index contributed by atoms with van der Waals surface area (Å²) in [6.07, 6.45) is 2.52. The van der Waals surface area contributed by atoms with E-state index in [-0.39, 0.29) is 0 Å². The van der Waals surface area contributed by atoms with E-state index < -0.39 is 0 Å². The van der Waals surface area contributed by atoms with Crippen molar-refractivity contribution in [2.45, 2.75) is 38.8 Å². The molecule has 1 aliphatic rings. The fourth-order valence-electron chi connectivity index (χ4n) is 2.09. The van der Waals surface area contributed by atoms with E-state index in [0.717, 1.165) is 12.5 Å². The molecule has 2 unspecified atom stereocenters. The minimum atomic E-state index is 0.666. The van der Waals surface area contributed by atoms with Gasteiger partial charge in [0.05, 0.1) is 0 Å². The average molecular weight is 157 g/mol. The van der Waals surface area contributed by atoms with Crippen LogP contribution in [0.4, 0.5) is 0 Å². The molecule has 0 saturated carbocycles. The average Bonchev–Trinajstić information content (AvgIpc) is 1.85. The molecule has 0 aromatic rings. The quantitative estimate of drug-likeness (QED) is 0.654. The SMILES string of the molecule is COCC1CC(C)NC(C)C1. The summed E-state index contributed by atoms with van der Waals surface area (Å²) in [5.74, 6) is 0.770. The van der Waals surface area contributed by atoms with Crippen LogP contribution in [0.2, 0.25) is 0 Å². The summed E-state index contributed by atoms with van der Waals surface area (Å²) in [5, 5.41) is 3.51. The lowest BCUT2D eigenvalue weighted by molar-refractivity contribution is 0.114. The fraction of sp³-hybridized carbons (Fsp3) is 1.00. The topological polar surface area (TPSA) is 21.3 Å². The van der Waals surface area contributed by atoms with E-state index in [0.29, 0.717) is 12.1 Å². The molecule has 2 atom stereocenters. The molecule has 2 heteroatoms. The van der Waals surface area contributed by atoms with Crippen molar-refractivity contribution in [2.75, 3.05) is 13.7 Å². The van der Waals surface area contributed by atoms with Crippen molar-refractivity contribution in [3.63, 3.8) is 0 Å². The van der Waals surface area contributed by atoms with E-state index in [1.807, 2.05) is 0 Å². The van der Waals surface area contributed by atoms with Crippen LogP contribution in [0.15, 0.2) is 0 Å². The van der Waals surface area contributed by atoms with Gasteiger partial charge in [0.2, 0.25) is 0 Å². The minimum absolute atomic E-state index is 0.666. The second kappa shape index (κ2) is 4.07. The van der Waals surface area contributed by atoms with Crippen LogP contribution in [0.3, 0.4) is 0 Å². The molecular formula is C9H19NO. The Bertz CT molecular complexity index is 106. The standard InChI is InChI=1S/C9H19NO/c1-7-4-9(6-11-3)5-8(2)10-7/h7-10H,4-6H2,1-3H3. The number of rotatable bonds is 2. The maximum Gasteiger partial charge on any atom is 0.0491 e. The molecule has 0 radical (unpaired) electrons. The Morgan fingerprint density at radius 2 is 1.82 bits per heavy atom. The van der Waals surface area contributed by atoms with Crippen molar-refractivity contribution in [1.82, 2.24) is 5.32 Å². The fourth-order valence-corrected chi connectivity index (χ4v) is 2.09. The van der Waals surface area contributed by atoms with Crippen LogP contribution < -0.4 is 5.32 Å². The van der Waals surface area contributed by atoms with Crippen LogP contribution in [0, 0.1) is 5.92 Å². The van der Waals surface area contributed by atoms with E-state index in [9.17, 15) is 0 Å². The minimum Gasteiger partial charge on any atom is -0.384 e. The molecule has 0 amide bonds. The lowest BCUT2D eigenvalue weighted by Gasteiger charge is -2.32. The third kappa shape index (κ3) is 2.80. The molecule has 0 spiro atoms. The summed E-state index contributed by atoms with van der Waals surface area (Å²) in [6, 6.07) is 1.33. The first kappa shape index (κ1) is 9.01. The third-order valence-corrected chi connectivity index (χ3v) is 2.35. The number of nitrogens with one attached hydrogen (secondary N) is 1. The van der Waals surface area contributed by atoms with Gasteiger partial charge in [-0.2, -0.15) is 0 Å². The van der Waals surface area contributed by atoms with Crippen LogP contribution in [0.5, 0.6) is 0 Å². The van der Waals surface area contributed by atoms with Gasteiger partial charge in [-0.05, 0) is 32.6 Å². The number of ether oxygens (including phenoxy) is 1. The van der Waals surface area contributed by atoms with Gasteiger partial charge >= 0.3 is 0 Å². The number of methoxy groups -OCH3 is 1. The maximum atomic E-state index is 5.15. The van der Waals surface area contributed by atoms with E-state index in [4.69, 9.17) is 4.74 Å². The van der Waals surface area contributed by atoms with E-state index in [1.165, 1.54) is 12.8 Å². The van der Waals surface area contributed by atoms with Gasteiger partial charge in [0.1, 0.15) is 0 Å². The van der Waals surface area contributed by atoms with Gasteiger partial charge in [-0.1, -0.05) is 0 Å². The van der Waals surface area contributed by atoms with Crippen molar-refractivity contribution < 1.29 is 4.74 Å². The summed E-state index contributed by atoms with van der Waals surface area (Å²) in [6.45, 7) is 5.42. The molecule has 0 aromatic carbocycles. The smallest absolute Gasteiger partial charge is 0.0491 e. The van der Waals surface area contributed by atoms with E-state index in [1.54, 1.807) is 7.11 Å². The van der Waals surface area contributed by atoms with Crippen LogP contribution in [-0.2, 0) is 4.74 Å². The molecule has 66 valence electrons. The summed E-state index contributed by atoms with van der Waals surface area (Å²) in [7, 11) is 1.79. The van der Waals surface area contributed by atoms with Gasteiger partial charge in [-0.25, -0.2) is 0 Å². The molecule has 1 N–H and O–H groups in total. The number of hydrogen-bond donors (Lipinski definition) is 1. The molecule has 0 aliphatic carbocycles. The highest BCUT2D eigenvalue weighted by molar-refractivity contribution is 4.80. The maximum absolute atomic E-state index is 5.15. The van der Waals surface area contributed by atoms with E-state index in [2.05, 4.69) is 19.2 Å². The van der Waals surface area contributed by atoms with Crippen LogP contribution in [0.1, 0.15) is 26.7 Å². The summed E-state index contributed by atoms with van der Waals surface area (Å²) >= 11 is 0. The highest BCUT2D eigenvalue weighted by Crippen LogP contribution is 2.19. The largest absolute Gasteiger partial charge is 0.384 e. The van der Waals surface area contributed by atoms with Gasteiger partial charge in [-0.15, -0.1) is 0 Å². The molecule has 1 fully saturated rings. The second-order valence-corrected chi connectivity index (χ2v) is 3.76. The van der Waals surface area contributed by atoms with Gasteiger partial charge < -0.3 is 10.1 Å². The highest BCUT2D eigenvalue weighted by atomic mass is 16.5. The molecule has 2 nitrogen and oxygen atoms in total. The summed E-state index contributed by atoms with van der Waals surface area (Å²) in [5.41, 5.74) is 0. The van der Waals surface area contributed by atoms with Crippen LogP contribution >= 0.6 is 0 Å². The predicted octanol–water partition coefficient (Wildman–Crippen LogP) is 1.41. The summed E-state index contributed by atoms with van der Waals surface area (Å²) < 4.78 is 5.15. The zero-order valence-electron chi connectivity index (χ0n) is 7.76. The Balaban J connectivity index is 2.30. The van der Waals surface area contributed by atoms with Crippen molar-refractivity contribution in [3.8, 4) is 0 Å². The zero-order valence-corrected chi connectivity index (χ0v) is 7.76. The lowest BCUT2D eigenvalue weighted by atomic mass is 9.90.